The summed E-state index contributed by atoms with van der Waals surface area (Å²) < 4.78 is 47.1. The summed E-state index contributed by atoms with van der Waals surface area (Å²) in [6.45, 7) is 0. The molecule has 0 saturated heterocycles. The molecule has 4 heteroatoms. The van der Waals surface area contributed by atoms with Crippen LogP contribution in [0.15, 0.2) is 0 Å². The van der Waals surface area contributed by atoms with Gasteiger partial charge in [0.1, 0.15) is 0 Å². The molecule has 0 aromatic heterocycles. The SMILES string of the molecule is FC(F)(F)C(CCCC1CCCC(OC2CCCCC2)C1)C1CCCCC1. The molecule has 3 unspecified atom stereocenters. The van der Waals surface area contributed by atoms with Crippen molar-refractivity contribution in [1.29, 1.82) is 0 Å². The summed E-state index contributed by atoms with van der Waals surface area (Å²) in [6, 6.07) is 0. The summed E-state index contributed by atoms with van der Waals surface area (Å²) in [7, 11) is 0. The Balaban J connectivity index is 1.41. The van der Waals surface area contributed by atoms with Gasteiger partial charge >= 0.3 is 6.18 Å². The third kappa shape index (κ3) is 6.94. The Morgan fingerprint density at radius 1 is 0.741 bits per heavy atom. The van der Waals surface area contributed by atoms with E-state index in [1.807, 2.05) is 0 Å². The van der Waals surface area contributed by atoms with Crippen LogP contribution >= 0.6 is 0 Å². The lowest BCUT2D eigenvalue weighted by Crippen LogP contribution is -2.32. The van der Waals surface area contributed by atoms with Gasteiger partial charge in [0.15, 0.2) is 0 Å². The van der Waals surface area contributed by atoms with Crippen molar-refractivity contribution >= 4 is 0 Å². The smallest absolute Gasteiger partial charge is 0.375 e. The number of hydrogen-bond acceptors (Lipinski definition) is 1. The van der Waals surface area contributed by atoms with Crippen molar-refractivity contribution in [3.05, 3.63) is 0 Å². The summed E-state index contributed by atoms with van der Waals surface area (Å²) in [5.74, 6) is -0.601. The summed E-state index contributed by atoms with van der Waals surface area (Å²) in [4.78, 5) is 0. The second-order valence-electron chi connectivity index (χ2n) is 9.53. The Hall–Kier alpha value is -0.250. The van der Waals surface area contributed by atoms with E-state index < -0.39 is 12.1 Å². The Labute approximate surface area is 163 Å². The van der Waals surface area contributed by atoms with Gasteiger partial charge in [-0.2, -0.15) is 13.2 Å². The van der Waals surface area contributed by atoms with Crippen molar-refractivity contribution in [3.8, 4) is 0 Å². The van der Waals surface area contributed by atoms with Crippen molar-refractivity contribution in [2.75, 3.05) is 0 Å². The van der Waals surface area contributed by atoms with Crippen molar-refractivity contribution in [2.45, 2.75) is 128 Å². The average Bonchev–Trinajstić information content (AvgIpc) is 2.66. The Morgan fingerprint density at radius 3 is 2.04 bits per heavy atom. The van der Waals surface area contributed by atoms with E-state index in [9.17, 15) is 13.2 Å². The maximum absolute atomic E-state index is 13.6. The zero-order valence-corrected chi connectivity index (χ0v) is 16.9. The summed E-state index contributed by atoms with van der Waals surface area (Å²) >= 11 is 0. The molecule has 3 aliphatic carbocycles. The highest BCUT2D eigenvalue weighted by molar-refractivity contribution is 4.81. The molecule has 158 valence electrons. The van der Waals surface area contributed by atoms with Gasteiger partial charge in [0.2, 0.25) is 0 Å². The fourth-order valence-electron chi connectivity index (χ4n) is 5.93. The monoisotopic (exact) mass is 388 g/mol. The van der Waals surface area contributed by atoms with Gasteiger partial charge in [-0.25, -0.2) is 0 Å². The van der Waals surface area contributed by atoms with E-state index in [4.69, 9.17) is 4.74 Å². The van der Waals surface area contributed by atoms with Crippen LogP contribution in [0.2, 0.25) is 0 Å². The van der Waals surface area contributed by atoms with Gasteiger partial charge in [-0.3, -0.25) is 0 Å². The van der Waals surface area contributed by atoms with Crippen LogP contribution in [0.3, 0.4) is 0 Å². The second-order valence-corrected chi connectivity index (χ2v) is 9.53. The van der Waals surface area contributed by atoms with Gasteiger partial charge < -0.3 is 4.74 Å². The molecule has 0 N–H and O–H groups in total. The minimum atomic E-state index is -4.01. The summed E-state index contributed by atoms with van der Waals surface area (Å²) in [6.07, 6.45) is 14.4. The standard InChI is InChI=1S/C23H39F3O/c24-23(25,26)22(19-11-3-1-4-12-19)16-8-10-18-9-7-15-21(17-18)27-20-13-5-2-6-14-20/h18-22H,1-17H2. The van der Waals surface area contributed by atoms with Gasteiger partial charge in [0.05, 0.1) is 18.1 Å². The van der Waals surface area contributed by atoms with Crippen molar-refractivity contribution < 1.29 is 17.9 Å². The molecule has 0 aromatic rings. The molecule has 0 aromatic carbocycles. The molecule has 0 spiro atoms. The maximum atomic E-state index is 13.6. The molecule has 0 heterocycles. The van der Waals surface area contributed by atoms with E-state index in [2.05, 4.69) is 0 Å². The van der Waals surface area contributed by atoms with Crippen LogP contribution in [0.5, 0.6) is 0 Å². The van der Waals surface area contributed by atoms with E-state index in [1.54, 1.807) is 0 Å². The first-order valence-electron chi connectivity index (χ1n) is 11.7. The quantitative estimate of drug-likeness (QED) is 0.432. The van der Waals surface area contributed by atoms with E-state index in [1.165, 1.54) is 44.9 Å². The molecule has 0 aliphatic heterocycles. The lowest BCUT2D eigenvalue weighted by Gasteiger charge is -2.34. The molecule has 0 amide bonds. The molecule has 3 saturated carbocycles. The topological polar surface area (TPSA) is 9.23 Å². The average molecular weight is 389 g/mol. The molecule has 3 atom stereocenters. The second kappa shape index (κ2) is 10.5. The minimum absolute atomic E-state index is 0.118. The van der Waals surface area contributed by atoms with Crippen molar-refractivity contribution in [2.24, 2.45) is 17.8 Å². The first kappa shape index (κ1) is 21.5. The van der Waals surface area contributed by atoms with Gasteiger partial charge in [0.25, 0.3) is 0 Å². The zero-order valence-electron chi connectivity index (χ0n) is 16.9. The third-order valence-electron chi connectivity index (χ3n) is 7.44. The highest BCUT2D eigenvalue weighted by Gasteiger charge is 2.44. The molecule has 0 radical (unpaired) electrons. The number of alkyl halides is 3. The molecular formula is C23H39F3O. The number of rotatable bonds is 7. The van der Waals surface area contributed by atoms with E-state index in [-0.39, 0.29) is 5.92 Å². The van der Waals surface area contributed by atoms with Crippen LogP contribution in [0.25, 0.3) is 0 Å². The zero-order chi connectivity index (χ0) is 19.1. The van der Waals surface area contributed by atoms with Crippen molar-refractivity contribution in [1.82, 2.24) is 0 Å². The number of halogens is 3. The van der Waals surface area contributed by atoms with Crippen LogP contribution in [0.1, 0.15) is 109 Å². The number of hydrogen-bond donors (Lipinski definition) is 0. The predicted molar refractivity (Wildman–Crippen MR) is 104 cm³/mol. The van der Waals surface area contributed by atoms with Crippen LogP contribution in [0.4, 0.5) is 13.2 Å². The summed E-state index contributed by atoms with van der Waals surface area (Å²) in [5, 5.41) is 0. The van der Waals surface area contributed by atoms with Gasteiger partial charge in [-0.1, -0.05) is 64.2 Å². The molecule has 27 heavy (non-hydrogen) atoms. The van der Waals surface area contributed by atoms with E-state index in [0.717, 1.165) is 57.8 Å². The molecule has 1 nitrogen and oxygen atoms in total. The first-order chi connectivity index (χ1) is 13.0. The summed E-state index contributed by atoms with van der Waals surface area (Å²) in [5.41, 5.74) is 0. The fraction of sp³-hybridized carbons (Fsp3) is 1.00. The molecule has 3 rings (SSSR count). The highest BCUT2D eigenvalue weighted by atomic mass is 19.4. The van der Waals surface area contributed by atoms with E-state index in [0.29, 0.717) is 24.5 Å². The largest absolute Gasteiger partial charge is 0.392 e. The van der Waals surface area contributed by atoms with E-state index >= 15 is 0 Å². The van der Waals surface area contributed by atoms with Gasteiger partial charge in [-0.15, -0.1) is 0 Å². The van der Waals surface area contributed by atoms with Gasteiger partial charge in [-0.05, 0) is 56.8 Å². The first-order valence-corrected chi connectivity index (χ1v) is 11.7. The van der Waals surface area contributed by atoms with Crippen LogP contribution in [-0.2, 0) is 4.74 Å². The predicted octanol–water partition coefficient (Wildman–Crippen LogP) is 7.82. The molecular weight excluding hydrogens is 349 g/mol. The lowest BCUT2D eigenvalue weighted by atomic mass is 9.76. The molecule has 0 bridgehead atoms. The van der Waals surface area contributed by atoms with Crippen molar-refractivity contribution in [3.63, 3.8) is 0 Å². The molecule has 3 aliphatic rings. The minimum Gasteiger partial charge on any atom is -0.375 e. The third-order valence-corrected chi connectivity index (χ3v) is 7.44. The van der Waals surface area contributed by atoms with Crippen LogP contribution in [0, 0.1) is 17.8 Å². The fourth-order valence-corrected chi connectivity index (χ4v) is 5.93. The number of ether oxygens (including phenoxy) is 1. The Bertz CT molecular complexity index is 410. The Morgan fingerprint density at radius 2 is 1.37 bits per heavy atom. The normalized spacial score (nSPS) is 30.3. The van der Waals surface area contributed by atoms with Gasteiger partial charge in [0, 0.05) is 0 Å². The molecule has 3 fully saturated rings. The highest BCUT2D eigenvalue weighted by Crippen LogP contribution is 2.43. The Kier molecular flexibility index (Phi) is 8.35. The van der Waals surface area contributed by atoms with Crippen LogP contribution in [-0.4, -0.2) is 18.4 Å². The maximum Gasteiger partial charge on any atom is 0.392 e. The lowest BCUT2D eigenvalue weighted by molar-refractivity contribution is -0.194. The van der Waals surface area contributed by atoms with Crippen LogP contribution < -0.4 is 0 Å².